The molecule has 0 aromatic heterocycles. The lowest BCUT2D eigenvalue weighted by atomic mass is 10.0. The molecular formula is C18H23FN2. The van der Waals surface area contributed by atoms with Gasteiger partial charge in [-0.3, -0.25) is 4.90 Å². The predicted molar refractivity (Wildman–Crippen MR) is 85.5 cm³/mol. The minimum Gasteiger partial charge on any atom is -0.329 e. The van der Waals surface area contributed by atoms with Gasteiger partial charge in [0.25, 0.3) is 0 Å². The lowest BCUT2D eigenvalue weighted by Crippen LogP contribution is -2.30. The highest BCUT2D eigenvalue weighted by molar-refractivity contribution is 5.26. The van der Waals surface area contributed by atoms with E-state index < -0.39 is 0 Å². The highest BCUT2D eigenvalue weighted by Gasteiger charge is 2.15. The number of rotatable bonds is 6. The van der Waals surface area contributed by atoms with E-state index in [-0.39, 0.29) is 11.9 Å². The van der Waals surface area contributed by atoms with E-state index in [1.54, 1.807) is 12.1 Å². The second-order valence-electron chi connectivity index (χ2n) is 5.39. The molecule has 0 amide bonds. The van der Waals surface area contributed by atoms with Crippen LogP contribution in [0.3, 0.4) is 0 Å². The van der Waals surface area contributed by atoms with Crippen molar-refractivity contribution in [1.82, 2.24) is 4.90 Å². The maximum absolute atomic E-state index is 13.3. The van der Waals surface area contributed by atoms with Crippen molar-refractivity contribution in [3.63, 3.8) is 0 Å². The van der Waals surface area contributed by atoms with E-state index in [9.17, 15) is 4.39 Å². The van der Waals surface area contributed by atoms with Crippen molar-refractivity contribution < 1.29 is 4.39 Å². The summed E-state index contributed by atoms with van der Waals surface area (Å²) in [6.45, 7) is 3.36. The van der Waals surface area contributed by atoms with Crippen molar-refractivity contribution in [2.45, 2.75) is 25.9 Å². The average Bonchev–Trinajstić information content (AvgIpc) is 2.48. The Bertz CT molecular complexity index is 566. The molecule has 1 unspecified atom stereocenters. The first-order chi connectivity index (χ1) is 10.1. The molecule has 0 heterocycles. The molecule has 0 fully saturated rings. The molecule has 2 aromatic rings. The highest BCUT2D eigenvalue weighted by Crippen LogP contribution is 2.21. The normalized spacial score (nSPS) is 12.6. The molecule has 112 valence electrons. The van der Waals surface area contributed by atoms with Gasteiger partial charge < -0.3 is 5.73 Å². The Morgan fingerprint density at radius 1 is 1.10 bits per heavy atom. The third-order valence-electron chi connectivity index (χ3n) is 3.85. The number of benzene rings is 2. The predicted octanol–water partition coefficient (Wildman–Crippen LogP) is 3.52. The van der Waals surface area contributed by atoms with Crippen LogP contribution in [0.1, 0.15) is 29.7 Å². The summed E-state index contributed by atoms with van der Waals surface area (Å²) in [5.74, 6) is -0.197. The second kappa shape index (κ2) is 7.34. The molecule has 3 heteroatoms. The van der Waals surface area contributed by atoms with Crippen LogP contribution in [-0.2, 0) is 13.0 Å². The number of likely N-dealkylation sites (N-methyl/N-ethyl adjacent to an activating group) is 1. The van der Waals surface area contributed by atoms with E-state index in [0.29, 0.717) is 13.1 Å². The van der Waals surface area contributed by atoms with E-state index in [0.717, 1.165) is 12.0 Å². The minimum atomic E-state index is -0.197. The summed E-state index contributed by atoms with van der Waals surface area (Å²) in [6.07, 6.45) is 1.03. The summed E-state index contributed by atoms with van der Waals surface area (Å²) < 4.78 is 13.3. The van der Waals surface area contributed by atoms with Crippen molar-refractivity contribution in [3.05, 3.63) is 71.0 Å². The van der Waals surface area contributed by atoms with E-state index in [1.165, 1.54) is 17.2 Å². The standard InChI is InChI=1S/C18H23FN2/c1-3-14-7-9-16(10-8-14)18(12-20)21(2)13-15-5-4-6-17(19)11-15/h4-11,18H,3,12-13,20H2,1-2H3. The van der Waals surface area contributed by atoms with Crippen LogP contribution < -0.4 is 5.73 Å². The number of nitrogens with two attached hydrogens (primary N) is 1. The molecule has 21 heavy (non-hydrogen) atoms. The van der Waals surface area contributed by atoms with Crippen molar-refractivity contribution in [1.29, 1.82) is 0 Å². The Labute approximate surface area is 126 Å². The number of aryl methyl sites for hydroxylation is 1. The second-order valence-corrected chi connectivity index (χ2v) is 5.39. The van der Waals surface area contributed by atoms with Crippen LogP contribution in [0.25, 0.3) is 0 Å². The minimum absolute atomic E-state index is 0.138. The monoisotopic (exact) mass is 286 g/mol. The van der Waals surface area contributed by atoms with Crippen LogP contribution in [0.2, 0.25) is 0 Å². The molecule has 0 radical (unpaired) electrons. The van der Waals surface area contributed by atoms with E-state index in [2.05, 4.69) is 36.1 Å². The zero-order chi connectivity index (χ0) is 15.2. The van der Waals surface area contributed by atoms with E-state index in [1.807, 2.05) is 13.1 Å². The molecule has 0 saturated carbocycles. The van der Waals surface area contributed by atoms with Gasteiger partial charge in [0, 0.05) is 19.1 Å². The Kier molecular flexibility index (Phi) is 5.48. The summed E-state index contributed by atoms with van der Waals surface area (Å²) in [4.78, 5) is 2.16. The van der Waals surface area contributed by atoms with Crippen molar-refractivity contribution in [2.75, 3.05) is 13.6 Å². The van der Waals surface area contributed by atoms with Gasteiger partial charge in [-0.1, -0.05) is 43.3 Å². The van der Waals surface area contributed by atoms with Crippen molar-refractivity contribution in [3.8, 4) is 0 Å². The molecule has 0 spiro atoms. The molecule has 2 N–H and O–H groups in total. The van der Waals surface area contributed by atoms with Crippen LogP contribution in [0, 0.1) is 5.82 Å². The molecule has 2 aromatic carbocycles. The van der Waals surface area contributed by atoms with Gasteiger partial charge in [-0.05, 0) is 42.3 Å². The summed E-state index contributed by atoms with van der Waals surface area (Å²) in [5.41, 5.74) is 9.43. The Hall–Kier alpha value is -1.71. The molecule has 2 rings (SSSR count). The molecule has 0 saturated heterocycles. The molecule has 0 aliphatic rings. The van der Waals surface area contributed by atoms with Gasteiger partial charge in [-0.2, -0.15) is 0 Å². The lowest BCUT2D eigenvalue weighted by molar-refractivity contribution is 0.241. The van der Waals surface area contributed by atoms with Gasteiger partial charge in [0.2, 0.25) is 0 Å². The van der Waals surface area contributed by atoms with Gasteiger partial charge in [0.15, 0.2) is 0 Å². The smallest absolute Gasteiger partial charge is 0.123 e. The molecule has 1 atom stereocenters. The van der Waals surface area contributed by atoms with Crippen molar-refractivity contribution >= 4 is 0 Å². The maximum atomic E-state index is 13.3. The van der Waals surface area contributed by atoms with Crippen LogP contribution in [0.15, 0.2) is 48.5 Å². The number of halogens is 1. The Balaban J connectivity index is 2.12. The Morgan fingerprint density at radius 3 is 2.38 bits per heavy atom. The third kappa shape index (κ3) is 4.13. The summed E-state index contributed by atoms with van der Waals surface area (Å²) >= 11 is 0. The van der Waals surface area contributed by atoms with Gasteiger partial charge in [0.1, 0.15) is 5.82 Å². The van der Waals surface area contributed by atoms with Crippen LogP contribution in [0.5, 0.6) is 0 Å². The number of hydrogen-bond donors (Lipinski definition) is 1. The number of hydrogen-bond acceptors (Lipinski definition) is 2. The third-order valence-corrected chi connectivity index (χ3v) is 3.85. The average molecular weight is 286 g/mol. The zero-order valence-corrected chi connectivity index (χ0v) is 12.7. The highest BCUT2D eigenvalue weighted by atomic mass is 19.1. The van der Waals surface area contributed by atoms with Gasteiger partial charge in [-0.25, -0.2) is 4.39 Å². The first kappa shape index (κ1) is 15.7. The fourth-order valence-electron chi connectivity index (χ4n) is 2.58. The topological polar surface area (TPSA) is 29.3 Å². The van der Waals surface area contributed by atoms with E-state index >= 15 is 0 Å². The van der Waals surface area contributed by atoms with E-state index in [4.69, 9.17) is 5.73 Å². The van der Waals surface area contributed by atoms with Crippen LogP contribution in [-0.4, -0.2) is 18.5 Å². The van der Waals surface area contributed by atoms with Crippen LogP contribution in [0.4, 0.5) is 4.39 Å². The molecule has 2 nitrogen and oxygen atoms in total. The van der Waals surface area contributed by atoms with Crippen molar-refractivity contribution in [2.24, 2.45) is 5.73 Å². The Morgan fingerprint density at radius 2 is 1.81 bits per heavy atom. The largest absolute Gasteiger partial charge is 0.329 e. The quantitative estimate of drug-likeness (QED) is 0.880. The van der Waals surface area contributed by atoms with Gasteiger partial charge >= 0.3 is 0 Å². The molecular weight excluding hydrogens is 263 g/mol. The SMILES string of the molecule is CCc1ccc(C(CN)N(C)Cc2cccc(F)c2)cc1. The lowest BCUT2D eigenvalue weighted by Gasteiger charge is -2.27. The first-order valence-electron chi connectivity index (χ1n) is 7.37. The van der Waals surface area contributed by atoms with Gasteiger partial charge in [0.05, 0.1) is 0 Å². The summed E-state index contributed by atoms with van der Waals surface area (Å²) in [6, 6.07) is 15.4. The molecule has 0 aliphatic carbocycles. The molecule has 0 bridgehead atoms. The fraction of sp³-hybridized carbons (Fsp3) is 0.333. The number of nitrogens with zero attached hydrogens (tertiary/aromatic N) is 1. The zero-order valence-electron chi connectivity index (χ0n) is 12.7. The molecule has 0 aliphatic heterocycles. The van der Waals surface area contributed by atoms with Crippen LogP contribution >= 0.6 is 0 Å². The fourth-order valence-corrected chi connectivity index (χ4v) is 2.58. The van der Waals surface area contributed by atoms with Gasteiger partial charge in [-0.15, -0.1) is 0 Å². The summed E-state index contributed by atoms with van der Waals surface area (Å²) in [7, 11) is 2.02. The maximum Gasteiger partial charge on any atom is 0.123 e. The first-order valence-corrected chi connectivity index (χ1v) is 7.37. The summed E-state index contributed by atoms with van der Waals surface area (Å²) in [5, 5.41) is 0.